The molecule has 0 aliphatic rings. The van der Waals surface area contributed by atoms with E-state index in [-0.39, 0.29) is 30.7 Å². The maximum absolute atomic E-state index is 11.9. The predicted octanol–water partition coefficient (Wildman–Crippen LogP) is 3.16. The number of hydrogen-bond donors (Lipinski definition) is 1. The summed E-state index contributed by atoms with van der Waals surface area (Å²) in [5, 5.41) is 0. The number of carbonyl (C=O) groups is 1. The molecule has 0 unspecified atom stereocenters. The minimum atomic E-state index is 0. The first-order valence-electron chi connectivity index (χ1n) is 6.48. The Morgan fingerprint density at radius 2 is 1.95 bits per heavy atom. The van der Waals surface area contributed by atoms with E-state index in [1.165, 1.54) is 4.88 Å². The zero-order chi connectivity index (χ0) is 13.4. The molecule has 0 saturated heterocycles. The monoisotopic (exact) mass is 341 g/mol. The minimum absolute atomic E-state index is 0. The number of hydrogen-bond acceptors (Lipinski definition) is 4. The summed E-state index contributed by atoms with van der Waals surface area (Å²) >= 11 is 1.61. The molecule has 1 heterocycles. The second kappa shape index (κ2) is 12.4. The van der Waals surface area contributed by atoms with Crippen molar-refractivity contribution in [3.63, 3.8) is 0 Å². The van der Waals surface area contributed by atoms with Crippen molar-refractivity contribution in [2.24, 2.45) is 5.73 Å². The zero-order valence-electron chi connectivity index (χ0n) is 12.1. The summed E-state index contributed by atoms with van der Waals surface area (Å²) in [6.45, 7) is 3.41. The minimum Gasteiger partial charge on any atom is -0.341 e. The van der Waals surface area contributed by atoms with E-state index in [0.29, 0.717) is 13.0 Å². The number of unbranched alkanes of at least 4 members (excludes halogenated alkanes) is 3. The Kier molecular flexibility index (Phi) is 13.6. The first-order valence-corrected chi connectivity index (χ1v) is 7.36. The number of nitrogens with zero attached hydrogens (tertiary/aromatic N) is 2. The highest BCUT2D eigenvalue weighted by Crippen LogP contribution is 2.15. The molecule has 118 valence electrons. The molecule has 4 nitrogen and oxygen atoms in total. The largest absolute Gasteiger partial charge is 0.341 e. The first-order chi connectivity index (χ1) is 8.65. The van der Waals surface area contributed by atoms with Crippen molar-refractivity contribution in [2.45, 2.75) is 45.6 Å². The lowest BCUT2D eigenvalue weighted by Gasteiger charge is -2.16. The SMILES string of the molecule is Cc1ncsc1CN(C)C(=O)CCCCCCN.Cl.Cl. The van der Waals surface area contributed by atoms with Crippen LogP contribution in [0.15, 0.2) is 5.51 Å². The molecule has 7 heteroatoms. The Hall–Kier alpha value is -0.360. The van der Waals surface area contributed by atoms with Gasteiger partial charge in [0.25, 0.3) is 0 Å². The Bertz CT molecular complexity index is 374. The van der Waals surface area contributed by atoms with Crippen LogP contribution >= 0.6 is 36.2 Å². The number of halogens is 2. The number of nitrogens with two attached hydrogens (primary N) is 1. The summed E-state index contributed by atoms with van der Waals surface area (Å²) in [4.78, 5) is 19.1. The van der Waals surface area contributed by atoms with E-state index in [0.717, 1.165) is 37.9 Å². The van der Waals surface area contributed by atoms with Gasteiger partial charge in [-0.1, -0.05) is 12.8 Å². The lowest BCUT2D eigenvalue weighted by molar-refractivity contribution is -0.130. The van der Waals surface area contributed by atoms with E-state index in [1.54, 1.807) is 16.2 Å². The number of rotatable bonds is 8. The highest BCUT2D eigenvalue weighted by Gasteiger charge is 2.11. The van der Waals surface area contributed by atoms with Gasteiger partial charge in [-0.05, 0) is 26.3 Å². The van der Waals surface area contributed by atoms with E-state index in [1.807, 2.05) is 19.5 Å². The first kappa shape index (κ1) is 21.9. The number of aromatic nitrogens is 1. The molecule has 1 rings (SSSR count). The Balaban J connectivity index is 0. The molecule has 0 aliphatic carbocycles. The van der Waals surface area contributed by atoms with Crippen molar-refractivity contribution in [2.75, 3.05) is 13.6 Å². The van der Waals surface area contributed by atoms with E-state index in [4.69, 9.17) is 5.73 Å². The molecule has 0 aliphatic heterocycles. The van der Waals surface area contributed by atoms with Gasteiger partial charge in [0.05, 0.1) is 17.7 Å². The van der Waals surface area contributed by atoms with Crippen LogP contribution in [0, 0.1) is 6.92 Å². The van der Waals surface area contributed by atoms with Crippen molar-refractivity contribution < 1.29 is 4.79 Å². The fraction of sp³-hybridized carbons (Fsp3) is 0.692. The highest BCUT2D eigenvalue weighted by atomic mass is 35.5. The second-order valence-corrected chi connectivity index (χ2v) is 5.50. The van der Waals surface area contributed by atoms with Crippen molar-refractivity contribution in [1.82, 2.24) is 9.88 Å². The molecule has 0 radical (unpaired) electrons. The summed E-state index contributed by atoms with van der Waals surface area (Å²) in [6.07, 6.45) is 4.88. The van der Waals surface area contributed by atoms with Gasteiger partial charge in [-0.2, -0.15) is 0 Å². The van der Waals surface area contributed by atoms with Crippen molar-refractivity contribution in [1.29, 1.82) is 0 Å². The van der Waals surface area contributed by atoms with Gasteiger partial charge in [0.2, 0.25) is 5.91 Å². The van der Waals surface area contributed by atoms with Crippen LogP contribution in [-0.2, 0) is 11.3 Å². The van der Waals surface area contributed by atoms with Gasteiger partial charge in [0.15, 0.2) is 0 Å². The molecular formula is C13H25Cl2N3OS. The smallest absolute Gasteiger partial charge is 0.222 e. The normalized spacial score (nSPS) is 9.55. The second-order valence-electron chi connectivity index (χ2n) is 4.56. The quantitative estimate of drug-likeness (QED) is 0.738. The van der Waals surface area contributed by atoms with Crippen LogP contribution in [0.2, 0.25) is 0 Å². The summed E-state index contributed by atoms with van der Waals surface area (Å²) < 4.78 is 0. The van der Waals surface area contributed by atoms with Gasteiger partial charge >= 0.3 is 0 Å². The fourth-order valence-electron chi connectivity index (χ4n) is 1.75. The topological polar surface area (TPSA) is 59.2 Å². The van der Waals surface area contributed by atoms with Gasteiger partial charge in [-0.15, -0.1) is 36.2 Å². The summed E-state index contributed by atoms with van der Waals surface area (Å²) in [7, 11) is 1.86. The molecule has 1 aromatic heterocycles. The van der Waals surface area contributed by atoms with Crippen LogP contribution in [0.4, 0.5) is 0 Å². The molecule has 20 heavy (non-hydrogen) atoms. The average molecular weight is 342 g/mol. The molecule has 1 amide bonds. The summed E-state index contributed by atoms with van der Waals surface area (Å²) in [5.41, 5.74) is 8.29. The fourth-order valence-corrected chi connectivity index (χ4v) is 2.58. The average Bonchev–Trinajstić information content (AvgIpc) is 2.74. The lowest BCUT2D eigenvalue weighted by atomic mass is 10.1. The number of thiazole rings is 1. The van der Waals surface area contributed by atoms with Crippen molar-refractivity contribution in [3.05, 3.63) is 16.1 Å². The van der Waals surface area contributed by atoms with Gasteiger partial charge in [-0.3, -0.25) is 4.79 Å². The third kappa shape index (κ3) is 8.04. The molecular weight excluding hydrogens is 317 g/mol. The van der Waals surface area contributed by atoms with Crippen LogP contribution in [0.5, 0.6) is 0 Å². The third-order valence-corrected chi connectivity index (χ3v) is 3.92. The van der Waals surface area contributed by atoms with Gasteiger partial charge in [0.1, 0.15) is 0 Å². The number of carbonyl (C=O) groups excluding carboxylic acids is 1. The number of amides is 1. The van der Waals surface area contributed by atoms with Gasteiger partial charge in [0, 0.05) is 18.3 Å². The Morgan fingerprint density at radius 1 is 1.30 bits per heavy atom. The maximum Gasteiger partial charge on any atom is 0.222 e. The molecule has 2 N–H and O–H groups in total. The van der Waals surface area contributed by atoms with Crippen molar-refractivity contribution in [3.8, 4) is 0 Å². The van der Waals surface area contributed by atoms with Crippen LogP contribution in [0.25, 0.3) is 0 Å². The molecule has 0 saturated carbocycles. The molecule has 1 aromatic rings. The zero-order valence-corrected chi connectivity index (χ0v) is 14.6. The van der Waals surface area contributed by atoms with E-state index < -0.39 is 0 Å². The molecule has 0 spiro atoms. The van der Waals surface area contributed by atoms with Crippen LogP contribution in [0.3, 0.4) is 0 Å². The molecule has 0 bridgehead atoms. The third-order valence-electron chi connectivity index (χ3n) is 3.00. The number of aryl methyl sites for hydroxylation is 1. The summed E-state index contributed by atoms with van der Waals surface area (Å²) in [5.74, 6) is 0.218. The summed E-state index contributed by atoms with van der Waals surface area (Å²) in [6, 6.07) is 0. The van der Waals surface area contributed by atoms with Gasteiger partial charge < -0.3 is 10.6 Å². The Labute approximate surface area is 138 Å². The molecule has 0 fully saturated rings. The Morgan fingerprint density at radius 3 is 2.50 bits per heavy atom. The molecule has 0 atom stereocenters. The maximum atomic E-state index is 11.9. The highest BCUT2D eigenvalue weighted by molar-refractivity contribution is 7.09. The predicted molar refractivity (Wildman–Crippen MR) is 90.0 cm³/mol. The van der Waals surface area contributed by atoms with Crippen LogP contribution < -0.4 is 5.73 Å². The van der Waals surface area contributed by atoms with E-state index in [2.05, 4.69) is 4.98 Å². The lowest BCUT2D eigenvalue weighted by Crippen LogP contribution is -2.25. The van der Waals surface area contributed by atoms with E-state index >= 15 is 0 Å². The van der Waals surface area contributed by atoms with Crippen LogP contribution in [-0.4, -0.2) is 29.4 Å². The van der Waals surface area contributed by atoms with Crippen LogP contribution in [0.1, 0.15) is 42.7 Å². The molecule has 0 aromatic carbocycles. The van der Waals surface area contributed by atoms with E-state index in [9.17, 15) is 4.79 Å². The van der Waals surface area contributed by atoms with Gasteiger partial charge in [-0.25, -0.2) is 4.98 Å². The van der Waals surface area contributed by atoms with Crippen molar-refractivity contribution >= 4 is 42.1 Å². The standard InChI is InChI=1S/C13H23N3OS.2ClH/c1-11-12(18-10-15-11)9-16(2)13(17)7-5-3-4-6-8-14;;/h10H,3-9,14H2,1-2H3;2*1H.